The summed E-state index contributed by atoms with van der Waals surface area (Å²) in [6.07, 6.45) is -6.92. The average molecular weight is 554 g/mol. The van der Waals surface area contributed by atoms with Gasteiger partial charge in [0.05, 0.1) is 12.7 Å². The maximum absolute atomic E-state index is 12.7. The van der Waals surface area contributed by atoms with Crippen LogP contribution < -0.4 is 5.32 Å². The Balaban J connectivity index is 2.11. The minimum atomic E-state index is -1.91. The van der Waals surface area contributed by atoms with E-state index < -0.39 is 63.0 Å². The molecule has 1 fully saturated rings. The van der Waals surface area contributed by atoms with Gasteiger partial charge in [-0.1, -0.05) is 32.9 Å². The van der Waals surface area contributed by atoms with Crippen LogP contribution in [0.5, 0.6) is 0 Å². The van der Waals surface area contributed by atoms with Gasteiger partial charge in [0.2, 0.25) is 12.4 Å². The molecule has 1 aromatic rings. The number of nitrogens with one attached hydrogen (secondary N) is 1. The molecule has 0 aromatic heterocycles. The lowest BCUT2D eigenvalue weighted by molar-refractivity contribution is -0.285. The van der Waals surface area contributed by atoms with Crippen molar-refractivity contribution in [1.29, 1.82) is 0 Å². The molecule has 1 amide bonds. The molecule has 1 aromatic carbocycles. The summed E-state index contributed by atoms with van der Waals surface area (Å²) in [6, 6.07) is 7.09. The molecule has 0 bridgehead atoms. The van der Waals surface area contributed by atoms with E-state index in [9.17, 15) is 19.2 Å². The van der Waals surface area contributed by atoms with Crippen molar-refractivity contribution in [3.05, 3.63) is 29.8 Å². The molecule has 2 rings (SSSR count). The molecule has 1 heterocycles. The molecule has 1 aliphatic rings. The van der Waals surface area contributed by atoms with Crippen LogP contribution in [0.4, 0.5) is 10.5 Å². The van der Waals surface area contributed by atoms with Gasteiger partial charge in [0.25, 0.3) is 0 Å². The van der Waals surface area contributed by atoms with E-state index in [-0.39, 0.29) is 5.04 Å². The van der Waals surface area contributed by atoms with Crippen molar-refractivity contribution in [2.75, 3.05) is 5.32 Å². The van der Waals surface area contributed by atoms with E-state index in [1.165, 1.54) is 6.92 Å². The van der Waals surface area contributed by atoms with Crippen LogP contribution in [0, 0.1) is 0 Å². The number of hydrogen-bond donors (Lipinski definition) is 1. The Morgan fingerprint density at radius 2 is 1.34 bits per heavy atom. The molecule has 1 aliphatic heterocycles. The zero-order valence-electron chi connectivity index (χ0n) is 23.5. The van der Waals surface area contributed by atoms with Crippen molar-refractivity contribution in [3.8, 4) is 0 Å². The number of hydrogen-bond acceptors (Lipinski definition) is 10. The van der Waals surface area contributed by atoms with Crippen LogP contribution in [0.3, 0.4) is 0 Å². The number of amides is 1. The maximum atomic E-state index is 12.7. The molecule has 0 saturated carbocycles. The first-order valence-corrected chi connectivity index (χ1v) is 15.3. The summed E-state index contributed by atoms with van der Waals surface area (Å²) in [5.41, 5.74) is 1.40. The van der Waals surface area contributed by atoms with Crippen LogP contribution in [-0.2, 0) is 49.1 Å². The van der Waals surface area contributed by atoms with E-state index in [1.807, 2.05) is 12.1 Å². The van der Waals surface area contributed by atoms with Gasteiger partial charge in [-0.05, 0) is 42.8 Å². The van der Waals surface area contributed by atoms with Gasteiger partial charge in [0, 0.05) is 26.5 Å². The Bertz CT molecular complexity index is 1000. The first-order valence-electron chi connectivity index (χ1n) is 12.4. The normalized spacial score (nSPS) is 23.7. The summed E-state index contributed by atoms with van der Waals surface area (Å²) < 4.78 is 33.2. The predicted molar refractivity (Wildman–Crippen MR) is 140 cm³/mol. The fourth-order valence-electron chi connectivity index (χ4n) is 3.48. The fourth-order valence-corrected chi connectivity index (χ4v) is 4.44. The summed E-state index contributed by atoms with van der Waals surface area (Å²) in [5.74, 6) is -2.10. The van der Waals surface area contributed by atoms with Crippen molar-refractivity contribution < 1.29 is 47.3 Å². The fraction of sp³-hybridized carbons (Fsp3) is 0.615. The van der Waals surface area contributed by atoms with Gasteiger partial charge in [0.15, 0.2) is 20.5 Å². The van der Waals surface area contributed by atoms with Crippen molar-refractivity contribution in [2.45, 2.75) is 104 Å². The first kappa shape index (κ1) is 31.3. The number of esters is 3. The van der Waals surface area contributed by atoms with Gasteiger partial charge in [-0.15, -0.1) is 0 Å². The largest absolute Gasteiger partial charge is 0.456 e. The van der Waals surface area contributed by atoms with E-state index in [2.05, 4.69) is 39.2 Å². The smallest absolute Gasteiger partial charge is 0.414 e. The van der Waals surface area contributed by atoms with Gasteiger partial charge in [-0.2, -0.15) is 0 Å². The van der Waals surface area contributed by atoms with Crippen LogP contribution >= 0.6 is 0 Å². The molecule has 5 atom stereocenters. The highest BCUT2D eigenvalue weighted by molar-refractivity contribution is 6.74. The van der Waals surface area contributed by atoms with Crippen LogP contribution in [0.2, 0.25) is 18.1 Å². The lowest BCUT2D eigenvalue weighted by Gasteiger charge is -2.42. The summed E-state index contributed by atoms with van der Waals surface area (Å²) in [7, 11) is -1.91. The minimum absolute atomic E-state index is 0.0909. The lowest BCUT2D eigenvalue weighted by atomic mass is 9.99. The van der Waals surface area contributed by atoms with Gasteiger partial charge in [-0.25, -0.2) is 4.79 Å². The average Bonchev–Trinajstić information content (AvgIpc) is 2.77. The number of carbonyl (C=O) groups excluding carboxylic acids is 4. The highest BCUT2D eigenvalue weighted by atomic mass is 28.4. The number of benzene rings is 1. The highest BCUT2D eigenvalue weighted by Gasteiger charge is 2.52. The third kappa shape index (κ3) is 8.81. The second kappa shape index (κ2) is 12.7. The first-order chi connectivity index (χ1) is 17.5. The summed E-state index contributed by atoms with van der Waals surface area (Å²) in [5, 5.41) is 2.68. The zero-order chi connectivity index (χ0) is 28.8. The van der Waals surface area contributed by atoms with E-state index in [0.717, 1.165) is 19.4 Å². The molecule has 0 radical (unpaired) electrons. The lowest BCUT2D eigenvalue weighted by Crippen LogP contribution is -2.61. The van der Waals surface area contributed by atoms with E-state index in [0.29, 0.717) is 12.3 Å². The molecule has 212 valence electrons. The molecular formula is C26H39NO10Si. The predicted octanol–water partition coefficient (Wildman–Crippen LogP) is 4.30. The number of ether oxygens (including phenoxy) is 5. The molecule has 1 N–H and O–H groups in total. The standard InChI is InChI=1S/C26H39NO10Si/c1-15-21(34-16(2)28)22(35-17(3)29)23(36-18(4)30)24(33-15)37-25(31)27-20-12-10-19(11-13-20)14-32-38(8,9)26(5,6)7/h10-13,15,21-24H,14H2,1-9H3,(H,27,31). The van der Waals surface area contributed by atoms with Crippen LogP contribution in [0.1, 0.15) is 54.0 Å². The van der Waals surface area contributed by atoms with Gasteiger partial charge in [-0.3, -0.25) is 19.7 Å². The third-order valence-electron chi connectivity index (χ3n) is 6.46. The summed E-state index contributed by atoms with van der Waals surface area (Å²) in [6.45, 7) is 16.3. The van der Waals surface area contributed by atoms with Crippen molar-refractivity contribution >= 4 is 38.0 Å². The zero-order valence-corrected chi connectivity index (χ0v) is 24.5. The second-order valence-electron chi connectivity index (χ2n) is 10.7. The number of rotatable bonds is 8. The highest BCUT2D eigenvalue weighted by Crippen LogP contribution is 2.37. The van der Waals surface area contributed by atoms with Crippen LogP contribution in [0.15, 0.2) is 24.3 Å². The van der Waals surface area contributed by atoms with Gasteiger partial charge in [0.1, 0.15) is 0 Å². The Kier molecular flexibility index (Phi) is 10.5. The summed E-state index contributed by atoms with van der Waals surface area (Å²) in [4.78, 5) is 47.9. The Hall–Kier alpha value is -2.96. The van der Waals surface area contributed by atoms with Crippen LogP contribution in [-0.4, -0.2) is 63.0 Å². The quantitative estimate of drug-likeness (QED) is 0.282. The third-order valence-corrected chi connectivity index (χ3v) is 10.9. The Morgan fingerprint density at radius 1 is 0.842 bits per heavy atom. The molecule has 38 heavy (non-hydrogen) atoms. The van der Waals surface area contributed by atoms with Crippen molar-refractivity contribution in [2.24, 2.45) is 0 Å². The SMILES string of the molecule is CC(=O)OC1C(C)OC(OC(=O)Nc2ccc(CO[Si](C)(C)C(C)(C)C)cc2)C(OC(C)=O)C1OC(C)=O. The van der Waals surface area contributed by atoms with E-state index in [1.54, 1.807) is 19.1 Å². The van der Waals surface area contributed by atoms with Crippen LogP contribution in [0.25, 0.3) is 0 Å². The van der Waals surface area contributed by atoms with Crippen molar-refractivity contribution in [1.82, 2.24) is 0 Å². The molecule has 0 aliphatic carbocycles. The minimum Gasteiger partial charge on any atom is -0.456 e. The van der Waals surface area contributed by atoms with Gasteiger partial charge < -0.3 is 28.1 Å². The maximum Gasteiger partial charge on any atom is 0.414 e. The molecule has 1 saturated heterocycles. The Morgan fingerprint density at radius 3 is 1.84 bits per heavy atom. The topological polar surface area (TPSA) is 136 Å². The molecule has 0 spiro atoms. The molecule has 12 heteroatoms. The molecule has 11 nitrogen and oxygen atoms in total. The Labute approximate surface area is 224 Å². The van der Waals surface area contributed by atoms with Crippen molar-refractivity contribution in [3.63, 3.8) is 0 Å². The van der Waals surface area contributed by atoms with Gasteiger partial charge >= 0.3 is 24.0 Å². The van der Waals surface area contributed by atoms with E-state index >= 15 is 0 Å². The monoisotopic (exact) mass is 553 g/mol. The molecular weight excluding hydrogens is 514 g/mol. The number of carbonyl (C=O) groups is 4. The second-order valence-corrected chi connectivity index (χ2v) is 15.5. The number of anilines is 1. The van der Waals surface area contributed by atoms with E-state index in [4.69, 9.17) is 28.1 Å². The molecule has 5 unspecified atom stereocenters. The summed E-state index contributed by atoms with van der Waals surface area (Å²) >= 11 is 0.